The van der Waals surface area contributed by atoms with Crippen LogP contribution < -0.4 is 0 Å². The summed E-state index contributed by atoms with van der Waals surface area (Å²) < 4.78 is 1.20. The summed E-state index contributed by atoms with van der Waals surface area (Å²) in [6, 6.07) is 52.6. The van der Waals surface area contributed by atoms with Crippen molar-refractivity contribution in [3.8, 4) is 22.3 Å². The van der Waals surface area contributed by atoms with Crippen LogP contribution in [0.1, 0.15) is 0 Å². The maximum Gasteiger partial charge on any atom is 0.143 e. The molecule has 10 rings (SSSR count). The highest BCUT2D eigenvalue weighted by molar-refractivity contribution is 7.25. The molecule has 0 aliphatic rings. The van der Waals surface area contributed by atoms with Crippen LogP contribution in [0.4, 0.5) is 0 Å². The van der Waals surface area contributed by atoms with Crippen molar-refractivity contribution in [3.63, 3.8) is 0 Å². The number of aromatic nitrogens is 2. The Morgan fingerprint density at radius 3 is 1.69 bits per heavy atom. The predicted octanol–water partition coefficient (Wildman–Crippen LogP) is 11.9. The summed E-state index contributed by atoms with van der Waals surface area (Å²) in [4.78, 5) is 11.6. The molecule has 0 aliphatic carbocycles. The normalized spacial score (nSPS) is 12.0. The highest BCUT2D eigenvalue weighted by Crippen LogP contribution is 2.40. The van der Waals surface area contributed by atoms with Crippen molar-refractivity contribution in [1.82, 2.24) is 9.97 Å². The van der Waals surface area contributed by atoms with Crippen LogP contribution in [0, 0.1) is 0 Å². The Balaban J connectivity index is 1.18. The summed E-state index contributed by atoms with van der Waals surface area (Å²) in [5, 5.41) is 11.0. The van der Waals surface area contributed by atoms with Crippen molar-refractivity contribution in [2.45, 2.75) is 0 Å². The molecule has 45 heavy (non-hydrogen) atoms. The minimum Gasteiger partial charge on any atom is -0.242 e. The molecule has 0 saturated carbocycles. The Morgan fingerprint density at radius 2 is 0.933 bits per heavy atom. The lowest BCUT2D eigenvalue weighted by molar-refractivity contribution is 1.46. The monoisotopic (exact) mass is 588 g/mol. The van der Waals surface area contributed by atoms with Crippen molar-refractivity contribution < 1.29 is 0 Å². The number of fused-ring (bicyclic) bond motifs is 12. The van der Waals surface area contributed by atoms with E-state index in [2.05, 4.69) is 146 Å². The molecule has 0 spiro atoms. The van der Waals surface area contributed by atoms with Gasteiger partial charge in [0, 0.05) is 20.9 Å². The van der Waals surface area contributed by atoms with Crippen LogP contribution in [0.3, 0.4) is 0 Å². The molecular formula is C42H24N2S. The fourth-order valence-electron chi connectivity index (χ4n) is 7.14. The second-order valence-corrected chi connectivity index (χ2v) is 12.8. The zero-order valence-electron chi connectivity index (χ0n) is 24.2. The third kappa shape index (κ3) is 3.68. The van der Waals surface area contributed by atoms with Gasteiger partial charge in [-0.05, 0) is 78.8 Å². The Kier molecular flexibility index (Phi) is 5.19. The Bertz CT molecular complexity index is 2830. The summed E-state index contributed by atoms with van der Waals surface area (Å²) in [6.45, 7) is 0. The van der Waals surface area contributed by atoms with Crippen LogP contribution >= 0.6 is 11.3 Å². The summed E-state index contributed by atoms with van der Waals surface area (Å²) in [7, 11) is 0. The van der Waals surface area contributed by atoms with E-state index >= 15 is 0 Å². The largest absolute Gasteiger partial charge is 0.242 e. The topological polar surface area (TPSA) is 25.8 Å². The van der Waals surface area contributed by atoms with Crippen molar-refractivity contribution >= 4 is 85.9 Å². The first-order valence-corrected chi connectivity index (χ1v) is 16.1. The molecule has 0 radical (unpaired) electrons. The number of rotatable bonds is 2. The second-order valence-electron chi connectivity index (χ2n) is 11.8. The van der Waals surface area contributed by atoms with Gasteiger partial charge in [-0.2, -0.15) is 0 Å². The molecule has 3 heteroatoms. The first kappa shape index (κ1) is 24.8. The first-order valence-electron chi connectivity index (χ1n) is 15.2. The predicted molar refractivity (Wildman–Crippen MR) is 193 cm³/mol. The lowest BCUT2D eigenvalue weighted by Crippen LogP contribution is -1.89. The van der Waals surface area contributed by atoms with E-state index in [0.717, 1.165) is 37.5 Å². The summed E-state index contributed by atoms with van der Waals surface area (Å²) in [6.07, 6.45) is 0. The highest BCUT2D eigenvalue weighted by Gasteiger charge is 2.16. The van der Waals surface area contributed by atoms with E-state index in [0.29, 0.717) is 0 Å². The molecular weight excluding hydrogens is 565 g/mol. The first-order chi connectivity index (χ1) is 22.3. The molecule has 0 aliphatic heterocycles. The maximum absolute atomic E-state index is 5.36. The van der Waals surface area contributed by atoms with Gasteiger partial charge in [0.15, 0.2) is 0 Å². The van der Waals surface area contributed by atoms with Gasteiger partial charge in [0.05, 0.1) is 11.0 Å². The van der Waals surface area contributed by atoms with Crippen LogP contribution in [0.5, 0.6) is 0 Å². The molecule has 0 atom stereocenters. The van der Waals surface area contributed by atoms with Crippen molar-refractivity contribution in [2.75, 3.05) is 0 Å². The third-order valence-electron chi connectivity index (χ3n) is 9.23. The standard InChI is InChI=1S/C42H24N2S/c1-2-13-29-28(10-1)24-36(33-17-4-3-14-30(29)33)27-12-9-11-25(22-27)26-20-21-38-37(23-26)41-42(45-38)44-40-35-19-8-6-16-32(35)31-15-5-7-18-34(31)39(40)43-41/h1-24H. The average molecular weight is 589 g/mol. The molecule has 10 aromatic rings. The van der Waals surface area contributed by atoms with E-state index in [9.17, 15) is 0 Å². The van der Waals surface area contributed by atoms with E-state index in [1.807, 2.05) is 0 Å². The van der Waals surface area contributed by atoms with E-state index in [4.69, 9.17) is 9.97 Å². The summed E-state index contributed by atoms with van der Waals surface area (Å²) in [5.41, 5.74) is 7.75. The molecule has 0 unspecified atom stereocenters. The Hall–Kier alpha value is -5.64. The molecule has 0 bridgehead atoms. The van der Waals surface area contributed by atoms with Gasteiger partial charge in [0.1, 0.15) is 10.3 Å². The molecule has 0 fully saturated rings. The molecule has 0 N–H and O–H groups in total. The van der Waals surface area contributed by atoms with E-state index < -0.39 is 0 Å². The van der Waals surface area contributed by atoms with Gasteiger partial charge < -0.3 is 0 Å². The van der Waals surface area contributed by atoms with E-state index in [1.54, 1.807) is 11.3 Å². The van der Waals surface area contributed by atoms with Gasteiger partial charge >= 0.3 is 0 Å². The average Bonchev–Trinajstić information content (AvgIpc) is 3.47. The van der Waals surface area contributed by atoms with Crippen LogP contribution in [0.2, 0.25) is 0 Å². The lowest BCUT2D eigenvalue weighted by atomic mass is 9.92. The molecule has 0 amide bonds. The van der Waals surface area contributed by atoms with Crippen molar-refractivity contribution in [1.29, 1.82) is 0 Å². The van der Waals surface area contributed by atoms with E-state index in [-0.39, 0.29) is 0 Å². The molecule has 2 heterocycles. The molecule has 208 valence electrons. The van der Waals surface area contributed by atoms with Crippen LogP contribution in [-0.2, 0) is 0 Å². The van der Waals surface area contributed by atoms with Gasteiger partial charge in [0.25, 0.3) is 0 Å². The van der Waals surface area contributed by atoms with Crippen LogP contribution in [-0.4, -0.2) is 9.97 Å². The third-order valence-corrected chi connectivity index (χ3v) is 10.3. The lowest BCUT2D eigenvalue weighted by Gasteiger charge is -2.12. The quantitative estimate of drug-likeness (QED) is 0.188. The zero-order valence-corrected chi connectivity index (χ0v) is 25.0. The van der Waals surface area contributed by atoms with Gasteiger partial charge in [-0.3, -0.25) is 0 Å². The number of nitrogens with zero attached hydrogens (tertiary/aromatic N) is 2. The molecule has 2 nitrogen and oxygen atoms in total. The minimum atomic E-state index is 0.965. The summed E-state index contributed by atoms with van der Waals surface area (Å²) >= 11 is 1.72. The molecule has 8 aromatic carbocycles. The molecule has 2 aromatic heterocycles. The molecule has 0 saturated heterocycles. The van der Waals surface area contributed by atoms with Crippen LogP contribution in [0.25, 0.3) is 96.8 Å². The van der Waals surface area contributed by atoms with Crippen molar-refractivity contribution in [3.05, 3.63) is 146 Å². The number of benzene rings is 8. The maximum atomic E-state index is 5.36. The van der Waals surface area contributed by atoms with Crippen molar-refractivity contribution in [2.24, 2.45) is 0 Å². The van der Waals surface area contributed by atoms with Gasteiger partial charge in [0.2, 0.25) is 0 Å². The van der Waals surface area contributed by atoms with E-state index in [1.165, 1.54) is 59.3 Å². The van der Waals surface area contributed by atoms with Gasteiger partial charge in [-0.1, -0.05) is 121 Å². The Morgan fingerprint density at radius 1 is 0.356 bits per heavy atom. The summed E-state index contributed by atoms with van der Waals surface area (Å²) in [5.74, 6) is 0. The highest BCUT2D eigenvalue weighted by atomic mass is 32.1. The minimum absolute atomic E-state index is 0.965. The van der Waals surface area contributed by atoms with Crippen LogP contribution in [0.15, 0.2) is 146 Å². The number of thiophene rings is 1. The fourth-order valence-corrected chi connectivity index (χ4v) is 8.14. The number of hydrogen-bond acceptors (Lipinski definition) is 3. The smallest absolute Gasteiger partial charge is 0.143 e. The number of hydrogen-bond donors (Lipinski definition) is 0. The van der Waals surface area contributed by atoms with Gasteiger partial charge in [-0.25, -0.2) is 9.97 Å². The zero-order chi connectivity index (χ0) is 29.5. The SMILES string of the molecule is c1cc(-c2ccc3sc4nc5c6ccccc6c6ccccc6c5nc4c3c2)cc(-c2cc3ccccc3c3ccccc23)c1. The Labute approximate surface area is 262 Å². The van der Waals surface area contributed by atoms with Gasteiger partial charge in [-0.15, -0.1) is 11.3 Å². The fraction of sp³-hybridized carbons (Fsp3) is 0. The second kappa shape index (κ2) is 9.43.